The number of nitrogens with zero attached hydrogens (tertiary/aromatic N) is 3. The molecule has 2 aliphatic heterocycles. The lowest BCUT2D eigenvalue weighted by Gasteiger charge is -2.30. The van der Waals surface area contributed by atoms with Crippen molar-refractivity contribution >= 4 is 23.7 Å². The number of rotatable bonds is 3. The Hall–Kier alpha value is -2.69. The van der Waals surface area contributed by atoms with E-state index >= 15 is 0 Å². The second-order valence-electron chi connectivity index (χ2n) is 6.29. The van der Waals surface area contributed by atoms with E-state index in [2.05, 4.69) is 16.0 Å². The zero-order valence-corrected chi connectivity index (χ0v) is 13.7. The van der Waals surface area contributed by atoms with Gasteiger partial charge in [0.15, 0.2) is 6.29 Å². The Labute approximate surface area is 140 Å². The van der Waals surface area contributed by atoms with Gasteiger partial charge in [0.25, 0.3) is 5.91 Å². The minimum atomic E-state index is 0.117. The predicted molar refractivity (Wildman–Crippen MR) is 91.8 cm³/mol. The van der Waals surface area contributed by atoms with Gasteiger partial charge in [0, 0.05) is 42.6 Å². The maximum absolute atomic E-state index is 12.3. The number of carbonyl (C=O) groups is 2. The molecule has 0 atom stereocenters. The third kappa shape index (κ3) is 2.28. The molecule has 0 radical (unpaired) electrons. The molecule has 0 bridgehead atoms. The predicted octanol–water partition coefficient (Wildman–Crippen LogP) is 2.95. The van der Waals surface area contributed by atoms with Crippen LogP contribution in [0.5, 0.6) is 0 Å². The SMILES string of the molecule is CCN1Cc2cc(N3CCCc4cc(C=O)cnc43)ccc2C1=O. The van der Waals surface area contributed by atoms with Crippen LogP contribution in [-0.4, -0.2) is 35.2 Å². The number of aromatic nitrogens is 1. The Bertz CT molecular complexity index is 831. The van der Waals surface area contributed by atoms with Crippen LogP contribution in [0.2, 0.25) is 0 Å². The van der Waals surface area contributed by atoms with Gasteiger partial charge < -0.3 is 9.80 Å². The number of amides is 1. The Morgan fingerprint density at radius 1 is 1.25 bits per heavy atom. The van der Waals surface area contributed by atoms with Crippen molar-refractivity contribution in [2.24, 2.45) is 0 Å². The fraction of sp³-hybridized carbons (Fsp3) is 0.316. The maximum Gasteiger partial charge on any atom is 0.254 e. The number of carbonyl (C=O) groups excluding carboxylic acids is 2. The van der Waals surface area contributed by atoms with E-state index < -0.39 is 0 Å². The quantitative estimate of drug-likeness (QED) is 0.816. The van der Waals surface area contributed by atoms with Crippen molar-refractivity contribution in [1.29, 1.82) is 0 Å². The number of pyridine rings is 1. The molecule has 0 N–H and O–H groups in total. The number of hydrogen-bond acceptors (Lipinski definition) is 4. The zero-order valence-electron chi connectivity index (χ0n) is 13.7. The minimum absolute atomic E-state index is 0.117. The summed E-state index contributed by atoms with van der Waals surface area (Å²) >= 11 is 0. The summed E-state index contributed by atoms with van der Waals surface area (Å²) in [7, 11) is 0. The molecule has 0 saturated heterocycles. The Kier molecular flexibility index (Phi) is 3.56. The summed E-state index contributed by atoms with van der Waals surface area (Å²) in [5, 5.41) is 0. The van der Waals surface area contributed by atoms with Crippen LogP contribution in [0.4, 0.5) is 11.5 Å². The number of anilines is 2. The number of hydrogen-bond donors (Lipinski definition) is 0. The molecule has 5 nitrogen and oxygen atoms in total. The minimum Gasteiger partial charge on any atom is -0.335 e. The van der Waals surface area contributed by atoms with E-state index in [4.69, 9.17) is 0 Å². The average molecular weight is 321 g/mol. The van der Waals surface area contributed by atoms with Crippen LogP contribution in [0.15, 0.2) is 30.5 Å². The molecule has 2 aromatic rings. The van der Waals surface area contributed by atoms with Crippen LogP contribution in [0.25, 0.3) is 0 Å². The lowest BCUT2D eigenvalue weighted by Crippen LogP contribution is -2.26. The van der Waals surface area contributed by atoms with Crippen molar-refractivity contribution in [2.75, 3.05) is 18.0 Å². The van der Waals surface area contributed by atoms with Gasteiger partial charge in [-0.1, -0.05) is 0 Å². The highest BCUT2D eigenvalue weighted by atomic mass is 16.2. The first-order valence-electron chi connectivity index (χ1n) is 8.35. The van der Waals surface area contributed by atoms with Crippen LogP contribution in [0, 0.1) is 0 Å². The molecule has 0 fully saturated rings. The molecule has 1 aromatic carbocycles. The van der Waals surface area contributed by atoms with E-state index in [1.165, 1.54) is 0 Å². The smallest absolute Gasteiger partial charge is 0.254 e. The summed E-state index contributed by atoms with van der Waals surface area (Å²) in [4.78, 5) is 31.8. The van der Waals surface area contributed by atoms with Gasteiger partial charge in [-0.3, -0.25) is 9.59 Å². The van der Waals surface area contributed by atoms with E-state index in [9.17, 15) is 9.59 Å². The number of benzene rings is 1. The number of aryl methyl sites for hydroxylation is 1. The molecular weight excluding hydrogens is 302 g/mol. The van der Waals surface area contributed by atoms with Crippen molar-refractivity contribution in [1.82, 2.24) is 9.88 Å². The zero-order chi connectivity index (χ0) is 16.7. The van der Waals surface area contributed by atoms with Crippen molar-refractivity contribution in [2.45, 2.75) is 26.3 Å². The number of aldehydes is 1. The first-order valence-corrected chi connectivity index (χ1v) is 8.35. The molecule has 2 aliphatic rings. The van der Waals surface area contributed by atoms with Crippen molar-refractivity contribution in [3.8, 4) is 0 Å². The number of fused-ring (bicyclic) bond motifs is 2. The van der Waals surface area contributed by atoms with E-state index in [0.29, 0.717) is 12.1 Å². The second-order valence-corrected chi connectivity index (χ2v) is 6.29. The van der Waals surface area contributed by atoms with Crippen LogP contribution < -0.4 is 4.90 Å². The first-order chi connectivity index (χ1) is 11.7. The highest BCUT2D eigenvalue weighted by Gasteiger charge is 2.28. The van der Waals surface area contributed by atoms with E-state index in [-0.39, 0.29) is 5.91 Å². The van der Waals surface area contributed by atoms with Crippen molar-refractivity contribution in [3.05, 3.63) is 52.7 Å². The van der Waals surface area contributed by atoms with Gasteiger partial charge in [-0.15, -0.1) is 0 Å². The van der Waals surface area contributed by atoms with Crippen LogP contribution in [0.3, 0.4) is 0 Å². The molecule has 0 saturated carbocycles. The molecule has 24 heavy (non-hydrogen) atoms. The molecule has 0 unspecified atom stereocenters. The van der Waals surface area contributed by atoms with Crippen LogP contribution in [0.1, 0.15) is 45.2 Å². The van der Waals surface area contributed by atoms with Crippen molar-refractivity contribution in [3.63, 3.8) is 0 Å². The molecule has 0 spiro atoms. The fourth-order valence-electron chi connectivity index (χ4n) is 3.59. The maximum atomic E-state index is 12.3. The van der Waals surface area contributed by atoms with Gasteiger partial charge in [-0.05, 0) is 55.2 Å². The Morgan fingerprint density at radius 3 is 2.92 bits per heavy atom. The molecule has 122 valence electrons. The first kappa shape index (κ1) is 14.9. The van der Waals surface area contributed by atoms with E-state index in [1.807, 2.05) is 30.0 Å². The standard InChI is InChI=1S/C19H19N3O2/c1-2-21-11-15-9-16(5-6-17(15)19(21)24)22-7-3-4-14-8-13(12-23)10-20-18(14)22/h5-6,8-10,12H,2-4,7,11H2,1H3. The van der Waals surface area contributed by atoms with Gasteiger partial charge in [0.05, 0.1) is 0 Å². The normalized spacial score (nSPS) is 16.1. The summed E-state index contributed by atoms with van der Waals surface area (Å²) in [6.45, 7) is 4.30. The fourth-order valence-corrected chi connectivity index (χ4v) is 3.59. The van der Waals surface area contributed by atoms with Gasteiger partial charge >= 0.3 is 0 Å². The monoisotopic (exact) mass is 321 g/mol. The average Bonchev–Trinajstić information content (AvgIpc) is 2.96. The summed E-state index contributed by atoms with van der Waals surface area (Å²) in [6.07, 6.45) is 4.42. The highest BCUT2D eigenvalue weighted by Crippen LogP contribution is 2.34. The van der Waals surface area contributed by atoms with Gasteiger partial charge in [-0.25, -0.2) is 4.98 Å². The lowest BCUT2D eigenvalue weighted by molar-refractivity contribution is 0.0787. The molecule has 4 rings (SSSR count). The molecule has 5 heteroatoms. The van der Waals surface area contributed by atoms with Gasteiger partial charge in [-0.2, -0.15) is 0 Å². The molecule has 1 aromatic heterocycles. The van der Waals surface area contributed by atoms with Crippen LogP contribution >= 0.6 is 0 Å². The van der Waals surface area contributed by atoms with Gasteiger partial charge in [0.2, 0.25) is 0 Å². The molecule has 1 amide bonds. The lowest BCUT2D eigenvalue weighted by atomic mass is 10.0. The highest BCUT2D eigenvalue weighted by molar-refractivity contribution is 5.99. The third-order valence-electron chi connectivity index (χ3n) is 4.84. The Morgan fingerprint density at radius 2 is 2.12 bits per heavy atom. The van der Waals surface area contributed by atoms with E-state index in [1.54, 1.807) is 6.20 Å². The molecule has 3 heterocycles. The van der Waals surface area contributed by atoms with Crippen molar-refractivity contribution < 1.29 is 9.59 Å². The molecular formula is C19H19N3O2. The second kappa shape index (κ2) is 5.74. The summed E-state index contributed by atoms with van der Waals surface area (Å²) in [5.41, 5.74) is 4.68. The Balaban J connectivity index is 1.72. The van der Waals surface area contributed by atoms with E-state index in [0.717, 1.165) is 60.4 Å². The largest absolute Gasteiger partial charge is 0.335 e. The molecule has 0 aliphatic carbocycles. The summed E-state index contributed by atoms with van der Waals surface area (Å²) < 4.78 is 0. The van der Waals surface area contributed by atoms with Gasteiger partial charge in [0.1, 0.15) is 5.82 Å². The summed E-state index contributed by atoms with van der Waals surface area (Å²) in [6, 6.07) is 7.96. The topological polar surface area (TPSA) is 53.5 Å². The summed E-state index contributed by atoms with van der Waals surface area (Å²) in [5.74, 6) is 1.04. The van der Waals surface area contributed by atoms with Crippen LogP contribution in [-0.2, 0) is 13.0 Å². The third-order valence-corrected chi connectivity index (χ3v) is 4.84.